The van der Waals surface area contributed by atoms with Crippen LogP contribution in [-0.4, -0.2) is 28.0 Å². The lowest BCUT2D eigenvalue weighted by molar-refractivity contribution is -0.384. The van der Waals surface area contributed by atoms with E-state index in [1.807, 2.05) is 0 Å². The molecule has 24 heavy (non-hydrogen) atoms. The van der Waals surface area contributed by atoms with Crippen molar-refractivity contribution in [2.75, 3.05) is 7.11 Å². The summed E-state index contributed by atoms with van der Waals surface area (Å²) in [6.45, 7) is 0. The predicted molar refractivity (Wildman–Crippen MR) is 84.9 cm³/mol. The van der Waals surface area contributed by atoms with Crippen LogP contribution in [0, 0.1) is 10.1 Å². The molecule has 0 atom stereocenters. The van der Waals surface area contributed by atoms with Crippen LogP contribution in [0.1, 0.15) is 34.6 Å². The highest BCUT2D eigenvalue weighted by Crippen LogP contribution is 2.25. The van der Waals surface area contributed by atoms with Crippen molar-refractivity contribution < 1.29 is 14.5 Å². The Kier molecular flexibility index (Phi) is 4.11. The van der Waals surface area contributed by atoms with Crippen molar-refractivity contribution >= 4 is 11.7 Å². The number of fused-ring (bicyclic) bond motifs is 1. The Morgan fingerprint density at radius 3 is 2.75 bits per heavy atom. The first-order valence-corrected chi connectivity index (χ1v) is 7.50. The van der Waals surface area contributed by atoms with E-state index in [0.29, 0.717) is 0 Å². The number of hydrogen-bond donors (Lipinski definition) is 1. The maximum Gasteiger partial charge on any atom is 0.338 e. The van der Waals surface area contributed by atoms with Gasteiger partial charge >= 0.3 is 5.97 Å². The second kappa shape index (κ2) is 6.23. The number of methoxy groups -OCH3 is 1. The predicted octanol–water partition coefficient (Wildman–Crippen LogP) is 2.01. The third kappa shape index (κ3) is 2.90. The van der Waals surface area contributed by atoms with Crippen molar-refractivity contribution in [2.24, 2.45) is 0 Å². The topological polar surface area (TPSA) is 115 Å². The number of nitro groups is 1. The number of nitrogens with one attached hydrogen (secondary N) is 1. The third-order valence-corrected chi connectivity index (χ3v) is 3.99. The molecule has 1 N–H and O–H groups in total. The number of nitro benzene ring substituents is 1. The average Bonchev–Trinajstić information content (AvgIpc) is 2.59. The molecule has 124 valence electrons. The van der Waals surface area contributed by atoms with E-state index in [9.17, 15) is 19.7 Å². The highest BCUT2D eigenvalue weighted by Gasteiger charge is 2.20. The SMILES string of the molecule is COC(=O)c1cc(-c2nc3c([nH]c2=O)CCCC3)cc([N+](=O)[O-])c1. The molecule has 0 radical (unpaired) electrons. The van der Waals surface area contributed by atoms with Crippen LogP contribution in [0.5, 0.6) is 0 Å². The number of rotatable bonds is 3. The summed E-state index contributed by atoms with van der Waals surface area (Å²) >= 11 is 0. The van der Waals surface area contributed by atoms with Crippen molar-refractivity contribution in [2.45, 2.75) is 25.7 Å². The Labute approximate surface area is 136 Å². The molecule has 8 heteroatoms. The number of aromatic nitrogens is 2. The number of H-pyrrole nitrogens is 1. The average molecular weight is 329 g/mol. The zero-order valence-corrected chi connectivity index (χ0v) is 13.0. The Morgan fingerprint density at radius 1 is 1.29 bits per heavy atom. The first-order chi connectivity index (χ1) is 11.5. The Hall–Kier alpha value is -3.03. The van der Waals surface area contributed by atoms with Gasteiger partial charge in [-0.15, -0.1) is 0 Å². The van der Waals surface area contributed by atoms with Gasteiger partial charge in [-0.05, 0) is 31.7 Å². The first-order valence-electron chi connectivity index (χ1n) is 7.50. The van der Waals surface area contributed by atoms with E-state index in [2.05, 4.69) is 14.7 Å². The molecule has 0 saturated heterocycles. The molecule has 0 unspecified atom stereocenters. The molecule has 0 amide bonds. The highest BCUT2D eigenvalue weighted by atomic mass is 16.6. The number of aromatic amines is 1. The van der Waals surface area contributed by atoms with Crippen molar-refractivity contribution in [3.63, 3.8) is 0 Å². The van der Waals surface area contributed by atoms with Gasteiger partial charge in [0.05, 0.1) is 23.3 Å². The molecular formula is C16H15N3O5. The van der Waals surface area contributed by atoms with Crippen molar-refractivity contribution in [1.82, 2.24) is 9.97 Å². The highest BCUT2D eigenvalue weighted by molar-refractivity contribution is 5.91. The minimum Gasteiger partial charge on any atom is -0.465 e. The van der Waals surface area contributed by atoms with E-state index in [-0.39, 0.29) is 22.5 Å². The van der Waals surface area contributed by atoms with E-state index in [4.69, 9.17) is 0 Å². The van der Waals surface area contributed by atoms with Crippen molar-refractivity contribution in [3.05, 3.63) is 55.6 Å². The van der Waals surface area contributed by atoms with E-state index in [1.165, 1.54) is 19.2 Å². The van der Waals surface area contributed by atoms with Crippen molar-refractivity contribution in [1.29, 1.82) is 0 Å². The lowest BCUT2D eigenvalue weighted by Crippen LogP contribution is -2.20. The van der Waals surface area contributed by atoms with Gasteiger partial charge in [0.2, 0.25) is 0 Å². The van der Waals surface area contributed by atoms with Crippen LogP contribution in [0.2, 0.25) is 0 Å². The van der Waals surface area contributed by atoms with Crippen LogP contribution in [-0.2, 0) is 17.6 Å². The van der Waals surface area contributed by atoms with Crippen LogP contribution in [0.15, 0.2) is 23.0 Å². The molecule has 0 aliphatic heterocycles. The smallest absolute Gasteiger partial charge is 0.338 e. The zero-order valence-electron chi connectivity index (χ0n) is 13.0. The largest absolute Gasteiger partial charge is 0.465 e. The lowest BCUT2D eigenvalue weighted by atomic mass is 9.99. The fourth-order valence-corrected chi connectivity index (χ4v) is 2.81. The molecule has 1 aliphatic carbocycles. The van der Waals surface area contributed by atoms with Gasteiger partial charge in [0.25, 0.3) is 11.2 Å². The molecule has 0 fully saturated rings. The summed E-state index contributed by atoms with van der Waals surface area (Å²) in [6, 6.07) is 3.73. The molecular weight excluding hydrogens is 314 g/mol. The molecule has 0 saturated carbocycles. The monoisotopic (exact) mass is 329 g/mol. The Morgan fingerprint density at radius 2 is 2.04 bits per heavy atom. The van der Waals surface area contributed by atoms with Gasteiger partial charge in [-0.3, -0.25) is 14.9 Å². The van der Waals surface area contributed by atoms with Crippen LogP contribution < -0.4 is 5.56 Å². The maximum atomic E-state index is 12.3. The standard InChI is InChI=1S/C16H15N3O5/c1-24-16(21)10-6-9(7-11(8-10)19(22)23)14-15(20)18-13-5-3-2-4-12(13)17-14/h6-8H,2-5H2,1H3,(H,18,20). The Bertz CT molecular complexity index is 888. The molecule has 1 aromatic carbocycles. The summed E-state index contributed by atoms with van der Waals surface area (Å²) in [4.78, 5) is 41.7. The number of benzene rings is 1. The quantitative estimate of drug-likeness (QED) is 0.523. The zero-order chi connectivity index (χ0) is 17.3. The Balaban J connectivity index is 2.18. The summed E-state index contributed by atoms with van der Waals surface area (Å²) < 4.78 is 4.61. The number of esters is 1. The van der Waals surface area contributed by atoms with Gasteiger partial charge in [0.15, 0.2) is 0 Å². The van der Waals surface area contributed by atoms with Crippen LogP contribution in [0.3, 0.4) is 0 Å². The second-order valence-electron chi connectivity index (χ2n) is 5.56. The number of nitrogens with zero attached hydrogens (tertiary/aromatic N) is 2. The summed E-state index contributed by atoms with van der Waals surface area (Å²) in [7, 11) is 1.19. The summed E-state index contributed by atoms with van der Waals surface area (Å²) in [6.07, 6.45) is 3.49. The maximum absolute atomic E-state index is 12.3. The van der Waals surface area contributed by atoms with Crippen LogP contribution in [0.4, 0.5) is 5.69 Å². The summed E-state index contributed by atoms with van der Waals surface area (Å²) in [5.74, 6) is -0.714. The molecule has 0 bridgehead atoms. The molecule has 1 heterocycles. The number of non-ortho nitro benzene ring substituents is 1. The van der Waals surface area contributed by atoms with Gasteiger partial charge in [0, 0.05) is 23.4 Å². The van der Waals surface area contributed by atoms with Crippen LogP contribution in [0.25, 0.3) is 11.3 Å². The normalized spacial score (nSPS) is 13.2. The van der Waals surface area contributed by atoms with E-state index < -0.39 is 16.5 Å². The number of ether oxygens (including phenoxy) is 1. The first kappa shape index (κ1) is 15.9. The molecule has 1 aliphatic rings. The third-order valence-electron chi connectivity index (χ3n) is 3.99. The molecule has 1 aromatic heterocycles. The number of carbonyl (C=O) groups is 1. The fraction of sp³-hybridized carbons (Fsp3) is 0.312. The summed E-state index contributed by atoms with van der Waals surface area (Å²) in [5, 5.41) is 11.1. The lowest BCUT2D eigenvalue weighted by Gasteiger charge is -2.15. The van der Waals surface area contributed by atoms with Gasteiger partial charge in [-0.25, -0.2) is 9.78 Å². The molecule has 3 rings (SSSR count). The van der Waals surface area contributed by atoms with Gasteiger partial charge < -0.3 is 9.72 Å². The fourth-order valence-electron chi connectivity index (χ4n) is 2.81. The number of aryl methyl sites for hydroxylation is 2. The second-order valence-corrected chi connectivity index (χ2v) is 5.56. The van der Waals surface area contributed by atoms with Crippen molar-refractivity contribution in [3.8, 4) is 11.3 Å². The van der Waals surface area contributed by atoms with E-state index in [1.54, 1.807) is 0 Å². The number of hydrogen-bond acceptors (Lipinski definition) is 6. The number of carbonyl (C=O) groups excluding carboxylic acids is 1. The summed E-state index contributed by atoms with van der Waals surface area (Å²) in [5.41, 5.74) is 1.18. The molecule has 2 aromatic rings. The van der Waals surface area contributed by atoms with Gasteiger partial charge in [0.1, 0.15) is 5.69 Å². The van der Waals surface area contributed by atoms with E-state index in [0.717, 1.165) is 43.1 Å². The van der Waals surface area contributed by atoms with Gasteiger partial charge in [-0.1, -0.05) is 0 Å². The molecule has 8 nitrogen and oxygen atoms in total. The minimum absolute atomic E-state index is 0.000575. The van der Waals surface area contributed by atoms with Gasteiger partial charge in [-0.2, -0.15) is 0 Å². The minimum atomic E-state index is -0.714. The van der Waals surface area contributed by atoms with E-state index >= 15 is 0 Å². The van der Waals surface area contributed by atoms with Crippen LogP contribution >= 0.6 is 0 Å². The molecule has 0 spiro atoms.